The van der Waals surface area contributed by atoms with Crippen molar-refractivity contribution in [2.75, 3.05) is 17.9 Å². The minimum Gasteiger partial charge on any atom is -0.352 e. The van der Waals surface area contributed by atoms with Crippen molar-refractivity contribution in [3.05, 3.63) is 95.6 Å². The topological polar surface area (TPSA) is 66.5 Å². The first-order chi connectivity index (χ1) is 15.1. The number of rotatable bonds is 7. The summed E-state index contributed by atoms with van der Waals surface area (Å²) in [5, 5.41) is 2.66. The SMILES string of the molecule is CN(c1ccccc1)S(=O)(=O)c1cccc(C(=O)NCCc2ccc(C(F)(F)F)cc2)c1. The van der Waals surface area contributed by atoms with Gasteiger partial charge in [0.1, 0.15) is 0 Å². The summed E-state index contributed by atoms with van der Waals surface area (Å²) >= 11 is 0. The molecule has 32 heavy (non-hydrogen) atoms. The lowest BCUT2D eigenvalue weighted by Gasteiger charge is -2.19. The van der Waals surface area contributed by atoms with Gasteiger partial charge in [-0.2, -0.15) is 13.2 Å². The van der Waals surface area contributed by atoms with E-state index in [0.29, 0.717) is 17.7 Å². The third kappa shape index (κ3) is 5.47. The van der Waals surface area contributed by atoms with Gasteiger partial charge in [0.2, 0.25) is 0 Å². The highest BCUT2D eigenvalue weighted by atomic mass is 32.2. The standard InChI is InChI=1S/C23H21F3N2O3S/c1-28(20-7-3-2-4-8-20)32(30,31)21-9-5-6-18(16-21)22(29)27-15-14-17-10-12-19(13-11-17)23(24,25)26/h2-13,16H,14-15H2,1H3,(H,27,29). The molecule has 0 unspecified atom stereocenters. The van der Waals surface area contributed by atoms with Gasteiger partial charge in [0.25, 0.3) is 15.9 Å². The van der Waals surface area contributed by atoms with Crippen LogP contribution in [0, 0.1) is 0 Å². The Hall–Kier alpha value is -3.33. The predicted octanol–water partition coefficient (Wildman–Crippen LogP) is 4.50. The Morgan fingerprint density at radius 1 is 0.938 bits per heavy atom. The lowest BCUT2D eigenvalue weighted by atomic mass is 10.1. The Kier molecular flexibility index (Phi) is 6.88. The van der Waals surface area contributed by atoms with Crippen LogP contribution in [0.25, 0.3) is 0 Å². The van der Waals surface area contributed by atoms with Crippen molar-refractivity contribution in [2.24, 2.45) is 0 Å². The fraction of sp³-hybridized carbons (Fsp3) is 0.174. The molecule has 9 heteroatoms. The van der Waals surface area contributed by atoms with E-state index in [9.17, 15) is 26.4 Å². The van der Waals surface area contributed by atoms with E-state index in [-0.39, 0.29) is 17.0 Å². The van der Waals surface area contributed by atoms with Crippen LogP contribution in [0.1, 0.15) is 21.5 Å². The number of hydrogen-bond acceptors (Lipinski definition) is 3. The van der Waals surface area contributed by atoms with Crippen LogP contribution < -0.4 is 9.62 Å². The molecule has 0 aliphatic rings. The van der Waals surface area contributed by atoms with Crippen LogP contribution >= 0.6 is 0 Å². The first-order valence-electron chi connectivity index (χ1n) is 9.67. The second-order valence-electron chi connectivity index (χ2n) is 7.04. The van der Waals surface area contributed by atoms with Crippen LogP contribution in [0.3, 0.4) is 0 Å². The zero-order valence-electron chi connectivity index (χ0n) is 17.1. The molecular formula is C23H21F3N2O3S. The number of carbonyl (C=O) groups is 1. The van der Waals surface area contributed by atoms with Gasteiger partial charge in [-0.15, -0.1) is 0 Å². The molecule has 5 nitrogen and oxygen atoms in total. The average molecular weight is 462 g/mol. The van der Waals surface area contributed by atoms with E-state index >= 15 is 0 Å². The number of nitrogens with one attached hydrogen (secondary N) is 1. The number of nitrogens with zero attached hydrogens (tertiary/aromatic N) is 1. The number of sulfonamides is 1. The maximum absolute atomic E-state index is 12.9. The summed E-state index contributed by atoms with van der Waals surface area (Å²) in [4.78, 5) is 12.4. The quantitative estimate of drug-likeness (QED) is 0.562. The summed E-state index contributed by atoms with van der Waals surface area (Å²) in [6.45, 7) is 0.186. The predicted molar refractivity (Wildman–Crippen MR) is 116 cm³/mol. The molecule has 3 aromatic rings. The molecule has 0 bridgehead atoms. The van der Waals surface area contributed by atoms with Crippen molar-refractivity contribution in [1.82, 2.24) is 5.32 Å². The minimum atomic E-state index is -4.40. The maximum Gasteiger partial charge on any atom is 0.416 e. The molecule has 0 aromatic heterocycles. The number of benzene rings is 3. The lowest BCUT2D eigenvalue weighted by molar-refractivity contribution is -0.137. The summed E-state index contributed by atoms with van der Waals surface area (Å²) < 4.78 is 64.8. The summed E-state index contributed by atoms with van der Waals surface area (Å²) in [5.41, 5.74) is 0.557. The van der Waals surface area contributed by atoms with Gasteiger partial charge in [-0.3, -0.25) is 9.10 Å². The lowest BCUT2D eigenvalue weighted by Crippen LogP contribution is -2.28. The summed E-state index contributed by atoms with van der Waals surface area (Å²) in [6, 6.07) is 18.9. The molecule has 168 valence electrons. The molecule has 0 saturated heterocycles. The number of hydrogen-bond donors (Lipinski definition) is 1. The number of amides is 1. The van der Waals surface area contributed by atoms with E-state index in [4.69, 9.17) is 0 Å². The average Bonchev–Trinajstić information content (AvgIpc) is 2.79. The highest BCUT2D eigenvalue weighted by molar-refractivity contribution is 7.92. The van der Waals surface area contributed by atoms with E-state index in [0.717, 1.165) is 16.4 Å². The van der Waals surface area contributed by atoms with Crippen molar-refractivity contribution >= 4 is 21.6 Å². The summed E-state index contributed by atoms with van der Waals surface area (Å²) in [5.74, 6) is -0.476. The van der Waals surface area contributed by atoms with Gasteiger partial charge in [0.15, 0.2) is 0 Å². The molecule has 0 heterocycles. The Labute approximate surface area is 184 Å². The van der Waals surface area contributed by atoms with Crippen molar-refractivity contribution < 1.29 is 26.4 Å². The van der Waals surface area contributed by atoms with Crippen molar-refractivity contribution in [2.45, 2.75) is 17.5 Å². The second-order valence-corrected chi connectivity index (χ2v) is 9.01. The number of carbonyl (C=O) groups excluding carboxylic acids is 1. The van der Waals surface area contributed by atoms with Crippen LogP contribution in [-0.2, 0) is 22.6 Å². The second kappa shape index (κ2) is 9.44. The van der Waals surface area contributed by atoms with Crippen molar-refractivity contribution in [3.63, 3.8) is 0 Å². The minimum absolute atomic E-state index is 0.0285. The van der Waals surface area contributed by atoms with E-state index < -0.39 is 27.7 Å². The summed E-state index contributed by atoms with van der Waals surface area (Å²) in [6.07, 6.45) is -4.06. The van der Waals surface area contributed by atoms with E-state index in [2.05, 4.69) is 5.32 Å². The van der Waals surface area contributed by atoms with E-state index in [1.54, 1.807) is 30.3 Å². The molecule has 0 fully saturated rings. The van der Waals surface area contributed by atoms with Gasteiger partial charge < -0.3 is 5.32 Å². The molecule has 3 rings (SSSR count). The summed E-state index contributed by atoms with van der Waals surface area (Å²) in [7, 11) is -2.43. The number of halogens is 3. The smallest absolute Gasteiger partial charge is 0.352 e. The number of anilines is 1. The highest BCUT2D eigenvalue weighted by Crippen LogP contribution is 2.29. The molecule has 0 atom stereocenters. The molecule has 0 spiro atoms. The van der Waals surface area contributed by atoms with E-state index in [1.165, 1.54) is 43.4 Å². The number of alkyl halides is 3. The Morgan fingerprint density at radius 2 is 1.59 bits per heavy atom. The van der Waals surface area contributed by atoms with Gasteiger partial charge >= 0.3 is 6.18 Å². The van der Waals surface area contributed by atoms with Crippen LogP contribution in [-0.4, -0.2) is 27.9 Å². The molecule has 3 aromatic carbocycles. The largest absolute Gasteiger partial charge is 0.416 e. The molecule has 0 saturated carbocycles. The maximum atomic E-state index is 12.9. The van der Waals surface area contributed by atoms with Crippen LogP contribution in [0.2, 0.25) is 0 Å². The van der Waals surface area contributed by atoms with Gasteiger partial charge in [-0.25, -0.2) is 8.42 Å². The number of para-hydroxylation sites is 1. The molecular weight excluding hydrogens is 441 g/mol. The zero-order valence-corrected chi connectivity index (χ0v) is 18.0. The normalized spacial score (nSPS) is 11.8. The first-order valence-corrected chi connectivity index (χ1v) is 11.1. The molecule has 1 N–H and O–H groups in total. The fourth-order valence-corrected chi connectivity index (χ4v) is 4.26. The third-order valence-corrected chi connectivity index (χ3v) is 6.64. The Bertz CT molecular complexity index is 1180. The molecule has 1 amide bonds. The van der Waals surface area contributed by atoms with Crippen LogP contribution in [0.4, 0.5) is 18.9 Å². The van der Waals surface area contributed by atoms with Crippen molar-refractivity contribution in [3.8, 4) is 0 Å². The van der Waals surface area contributed by atoms with Gasteiger partial charge in [0, 0.05) is 19.2 Å². The third-order valence-electron chi connectivity index (χ3n) is 4.85. The fourth-order valence-electron chi connectivity index (χ4n) is 3.02. The molecule has 0 aliphatic heterocycles. The molecule has 0 aliphatic carbocycles. The Morgan fingerprint density at radius 3 is 2.22 bits per heavy atom. The van der Waals surface area contributed by atoms with Gasteiger partial charge in [-0.1, -0.05) is 36.4 Å². The monoisotopic (exact) mass is 462 g/mol. The van der Waals surface area contributed by atoms with E-state index in [1.807, 2.05) is 0 Å². The first kappa shape index (κ1) is 23.3. The highest BCUT2D eigenvalue weighted by Gasteiger charge is 2.29. The van der Waals surface area contributed by atoms with Crippen LogP contribution in [0.5, 0.6) is 0 Å². The van der Waals surface area contributed by atoms with Gasteiger partial charge in [-0.05, 0) is 54.4 Å². The van der Waals surface area contributed by atoms with Gasteiger partial charge in [0.05, 0.1) is 16.1 Å². The van der Waals surface area contributed by atoms with Crippen molar-refractivity contribution in [1.29, 1.82) is 0 Å². The Balaban J connectivity index is 1.65. The molecule has 0 radical (unpaired) electrons. The van der Waals surface area contributed by atoms with Crippen LogP contribution in [0.15, 0.2) is 83.8 Å². The zero-order chi connectivity index (χ0) is 23.4.